The van der Waals surface area contributed by atoms with Crippen molar-refractivity contribution in [3.8, 4) is 11.5 Å². The summed E-state index contributed by atoms with van der Waals surface area (Å²) in [5.74, 6) is 0.860. The van der Waals surface area contributed by atoms with Gasteiger partial charge in [-0.1, -0.05) is 97.7 Å². The molecule has 0 radical (unpaired) electrons. The first-order valence-corrected chi connectivity index (χ1v) is 10.1. The van der Waals surface area contributed by atoms with Gasteiger partial charge in [0, 0.05) is 0 Å². The molecule has 0 amide bonds. The van der Waals surface area contributed by atoms with Crippen LogP contribution in [0, 0.1) is 13.8 Å². The van der Waals surface area contributed by atoms with Crippen LogP contribution in [0.3, 0.4) is 0 Å². The van der Waals surface area contributed by atoms with E-state index in [4.69, 9.17) is 0 Å². The third-order valence-corrected chi connectivity index (χ3v) is 4.83. The Morgan fingerprint density at radius 3 is 1.21 bits per heavy atom. The third kappa shape index (κ3) is 6.29. The summed E-state index contributed by atoms with van der Waals surface area (Å²) in [5.41, 5.74) is 5.49. The monoisotopic (exact) mass is 384 g/mol. The Morgan fingerprint density at radius 2 is 0.893 bits per heavy atom. The maximum absolute atomic E-state index is 10.4. The number of rotatable bonds is 0. The fourth-order valence-electron chi connectivity index (χ4n) is 3.17. The van der Waals surface area contributed by atoms with Gasteiger partial charge in [0.15, 0.2) is 0 Å². The van der Waals surface area contributed by atoms with Crippen LogP contribution in [-0.2, 0) is 16.2 Å². The number of aryl methyl sites for hydroxylation is 2. The molecule has 2 heteroatoms. The molecule has 0 aliphatic heterocycles. The second-order valence-electron chi connectivity index (χ2n) is 11.0. The van der Waals surface area contributed by atoms with E-state index in [1.165, 1.54) is 11.1 Å². The molecule has 0 saturated carbocycles. The predicted molar refractivity (Wildman–Crippen MR) is 122 cm³/mol. The molecule has 0 fully saturated rings. The first kappa shape index (κ1) is 24.1. The molecule has 156 valence electrons. The smallest absolute Gasteiger partial charge is 0.123 e. The molecule has 0 unspecified atom stereocenters. The van der Waals surface area contributed by atoms with Crippen molar-refractivity contribution in [1.82, 2.24) is 0 Å². The molecule has 2 rings (SSSR count). The minimum absolute atomic E-state index is 0.0178. The van der Waals surface area contributed by atoms with Crippen LogP contribution in [0.5, 0.6) is 11.5 Å². The summed E-state index contributed by atoms with van der Waals surface area (Å²) in [6, 6.07) is 9.89. The summed E-state index contributed by atoms with van der Waals surface area (Å²) in [6.07, 6.45) is 0. The van der Waals surface area contributed by atoms with Crippen LogP contribution in [-0.4, -0.2) is 10.2 Å². The Bertz CT molecular complexity index is 775. The predicted octanol–water partition coefficient (Wildman–Crippen LogP) is 7.29. The number of phenols is 2. The van der Waals surface area contributed by atoms with Crippen molar-refractivity contribution < 1.29 is 10.2 Å². The second-order valence-corrected chi connectivity index (χ2v) is 11.0. The normalized spacial score (nSPS) is 12.4. The Kier molecular flexibility index (Phi) is 7.04. The molecule has 0 saturated heterocycles. The molecule has 0 spiro atoms. The summed E-state index contributed by atoms with van der Waals surface area (Å²) < 4.78 is 0. The molecule has 0 aliphatic carbocycles. The van der Waals surface area contributed by atoms with Gasteiger partial charge in [-0.15, -0.1) is 0 Å². The fourth-order valence-corrected chi connectivity index (χ4v) is 3.17. The molecule has 2 nitrogen and oxygen atoms in total. The van der Waals surface area contributed by atoms with Crippen molar-refractivity contribution in [2.45, 2.75) is 92.4 Å². The van der Waals surface area contributed by atoms with E-state index in [1.807, 2.05) is 19.1 Å². The zero-order valence-corrected chi connectivity index (χ0v) is 19.8. The zero-order valence-electron chi connectivity index (χ0n) is 19.8. The van der Waals surface area contributed by atoms with Crippen molar-refractivity contribution in [2.24, 2.45) is 0 Å². The quantitative estimate of drug-likeness (QED) is 0.500. The van der Waals surface area contributed by atoms with Gasteiger partial charge in [0.25, 0.3) is 0 Å². The number of hydrogen-bond acceptors (Lipinski definition) is 2. The Balaban J connectivity index is 0.000000292. The van der Waals surface area contributed by atoms with E-state index >= 15 is 0 Å². The van der Waals surface area contributed by atoms with Gasteiger partial charge in [0.1, 0.15) is 11.5 Å². The zero-order chi connectivity index (χ0) is 22.1. The molecule has 2 aromatic carbocycles. The maximum Gasteiger partial charge on any atom is 0.123 e. The highest BCUT2D eigenvalue weighted by Gasteiger charge is 2.25. The van der Waals surface area contributed by atoms with E-state index in [-0.39, 0.29) is 16.2 Å². The first-order chi connectivity index (χ1) is 12.4. The van der Waals surface area contributed by atoms with E-state index in [9.17, 15) is 10.2 Å². The number of benzene rings is 2. The van der Waals surface area contributed by atoms with E-state index in [1.54, 1.807) is 6.07 Å². The molecule has 0 aliphatic rings. The molecule has 0 aromatic heterocycles. The fraction of sp³-hybridized carbons (Fsp3) is 0.538. The summed E-state index contributed by atoms with van der Waals surface area (Å²) in [5, 5.41) is 20.0. The van der Waals surface area contributed by atoms with Crippen molar-refractivity contribution >= 4 is 0 Å². The summed E-state index contributed by atoms with van der Waals surface area (Å²) in [7, 11) is 0. The number of phenolic OH excluding ortho intramolecular Hbond substituents is 2. The van der Waals surface area contributed by atoms with Gasteiger partial charge < -0.3 is 10.2 Å². The van der Waals surface area contributed by atoms with Crippen LogP contribution in [0.25, 0.3) is 0 Å². The van der Waals surface area contributed by atoms with Crippen molar-refractivity contribution in [2.75, 3.05) is 0 Å². The van der Waals surface area contributed by atoms with Crippen molar-refractivity contribution in [3.05, 3.63) is 58.1 Å². The molecular formula is C26H40O2. The van der Waals surface area contributed by atoms with E-state index in [0.717, 1.165) is 16.7 Å². The Morgan fingerprint density at radius 1 is 0.536 bits per heavy atom. The largest absolute Gasteiger partial charge is 0.508 e. The average molecular weight is 385 g/mol. The molecule has 0 heterocycles. The molecule has 28 heavy (non-hydrogen) atoms. The standard InChI is InChI=1S/C15H24O.C11H16O/c1-10-8-11(14(2,3)4)13(16)12(9-10)15(5,6)7;1-8-5-6-10(12)9(7-8)11(2,3)4/h8-9,16H,1-7H3;5-7,12H,1-4H3. The highest BCUT2D eigenvalue weighted by Crippen LogP contribution is 2.39. The Hall–Kier alpha value is -1.96. The van der Waals surface area contributed by atoms with Crippen LogP contribution in [0.15, 0.2) is 30.3 Å². The summed E-state index contributed by atoms with van der Waals surface area (Å²) in [6.45, 7) is 23.2. The van der Waals surface area contributed by atoms with Crippen molar-refractivity contribution in [1.29, 1.82) is 0 Å². The lowest BCUT2D eigenvalue weighted by atomic mass is 9.78. The van der Waals surface area contributed by atoms with Crippen molar-refractivity contribution in [3.63, 3.8) is 0 Å². The SMILES string of the molecule is Cc1cc(C(C)(C)C)c(O)c(C(C)(C)C)c1.Cc1ccc(O)c(C(C)(C)C)c1. The molecule has 2 aromatic rings. The minimum Gasteiger partial charge on any atom is -0.508 e. The highest BCUT2D eigenvalue weighted by atomic mass is 16.3. The van der Waals surface area contributed by atoms with E-state index in [0.29, 0.717) is 11.5 Å². The van der Waals surface area contributed by atoms with Gasteiger partial charge in [0.2, 0.25) is 0 Å². The second kappa shape index (κ2) is 8.19. The van der Waals surface area contributed by atoms with Crippen LogP contribution in [0.2, 0.25) is 0 Å². The topological polar surface area (TPSA) is 40.5 Å². The van der Waals surface area contributed by atoms with Crippen LogP contribution in [0.1, 0.15) is 90.1 Å². The number of aromatic hydroxyl groups is 2. The van der Waals surface area contributed by atoms with Gasteiger partial charge in [-0.3, -0.25) is 0 Å². The third-order valence-electron chi connectivity index (χ3n) is 4.83. The van der Waals surface area contributed by atoms with Gasteiger partial charge in [-0.2, -0.15) is 0 Å². The van der Waals surface area contributed by atoms with Gasteiger partial charge in [0.05, 0.1) is 0 Å². The Labute approximate surface area is 172 Å². The lowest BCUT2D eigenvalue weighted by molar-refractivity contribution is 0.423. The average Bonchev–Trinajstić information content (AvgIpc) is 2.49. The summed E-state index contributed by atoms with van der Waals surface area (Å²) >= 11 is 0. The lowest BCUT2D eigenvalue weighted by Gasteiger charge is -2.27. The van der Waals surface area contributed by atoms with Gasteiger partial charge >= 0.3 is 0 Å². The minimum atomic E-state index is -0.0178. The van der Waals surface area contributed by atoms with Crippen LogP contribution < -0.4 is 0 Å². The first-order valence-electron chi connectivity index (χ1n) is 10.1. The number of hydrogen-bond donors (Lipinski definition) is 2. The molecule has 0 atom stereocenters. The maximum atomic E-state index is 10.4. The molecular weight excluding hydrogens is 344 g/mol. The van der Waals surface area contributed by atoms with E-state index < -0.39 is 0 Å². The van der Waals surface area contributed by atoms with E-state index in [2.05, 4.69) is 81.4 Å². The molecule has 0 bridgehead atoms. The van der Waals surface area contributed by atoms with Gasteiger partial charge in [-0.25, -0.2) is 0 Å². The van der Waals surface area contributed by atoms with Crippen LogP contribution in [0.4, 0.5) is 0 Å². The van der Waals surface area contributed by atoms with Gasteiger partial charge in [-0.05, 0) is 52.8 Å². The molecule has 2 N–H and O–H groups in total. The lowest BCUT2D eigenvalue weighted by Crippen LogP contribution is -2.17. The summed E-state index contributed by atoms with van der Waals surface area (Å²) in [4.78, 5) is 0. The van der Waals surface area contributed by atoms with Crippen LogP contribution >= 0.6 is 0 Å². The highest BCUT2D eigenvalue weighted by molar-refractivity contribution is 5.49.